The number of hydrogen-bond donors (Lipinski definition) is 1. The molecule has 6 nitrogen and oxygen atoms in total. The molecule has 1 aromatic rings. The van der Waals surface area contributed by atoms with Gasteiger partial charge in [0.15, 0.2) is 11.5 Å². The molecule has 2 atom stereocenters. The van der Waals surface area contributed by atoms with Crippen LogP contribution in [0.1, 0.15) is 56.2 Å². The van der Waals surface area contributed by atoms with Gasteiger partial charge < -0.3 is 19.7 Å². The zero-order valence-corrected chi connectivity index (χ0v) is 15.8. The van der Waals surface area contributed by atoms with E-state index in [-0.39, 0.29) is 29.2 Å². The van der Waals surface area contributed by atoms with Crippen LogP contribution in [-0.2, 0) is 15.0 Å². The Bertz CT molecular complexity index is 800. The summed E-state index contributed by atoms with van der Waals surface area (Å²) in [5.41, 5.74) is 2.52. The monoisotopic (exact) mass is 370 g/mol. The highest BCUT2D eigenvalue weighted by atomic mass is 16.6. The molecule has 1 saturated heterocycles. The van der Waals surface area contributed by atoms with Crippen molar-refractivity contribution >= 4 is 11.8 Å². The molecule has 1 N–H and O–H groups in total. The second-order valence-electron chi connectivity index (χ2n) is 8.42. The molecule has 144 valence electrons. The number of benzene rings is 1. The molecule has 3 heterocycles. The Hall–Kier alpha value is -2.24. The molecule has 2 unspecified atom stereocenters. The molecule has 1 saturated carbocycles. The second-order valence-corrected chi connectivity index (χ2v) is 8.42. The van der Waals surface area contributed by atoms with Crippen molar-refractivity contribution in [3.8, 4) is 11.5 Å². The third-order valence-corrected chi connectivity index (χ3v) is 6.85. The summed E-state index contributed by atoms with van der Waals surface area (Å²) >= 11 is 0. The van der Waals surface area contributed by atoms with Crippen LogP contribution in [0.25, 0.3) is 0 Å². The normalized spacial score (nSPS) is 28.2. The molecule has 0 bridgehead atoms. The third-order valence-electron chi connectivity index (χ3n) is 6.85. The Morgan fingerprint density at radius 3 is 2.56 bits per heavy atom. The Balaban J connectivity index is 1.56. The molecule has 2 amide bonds. The Kier molecular flexibility index (Phi) is 3.85. The standard InChI is InChI=1S/C21H26N2O4/c1-13-15-9-17-18(27-7-6-26-17)10-16(15)21(4-2-3-5-21)12-23(13)20(25)14-8-19(24)22-11-14/h9-10,13-14H,2-8,11-12H2,1H3,(H,22,24). The summed E-state index contributed by atoms with van der Waals surface area (Å²) in [6.07, 6.45) is 4.88. The van der Waals surface area contributed by atoms with Crippen LogP contribution in [0.4, 0.5) is 0 Å². The molecule has 3 aliphatic heterocycles. The van der Waals surface area contributed by atoms with E-state index in [1.807, 2.05) is 4.90 Å². The number of nitrogens with one attached hydrogen (secondary N) is 1. The van der Waals surface area contributed by atoms with E-state index in [0.29, 0.717) is 26.2 Å². The lowest BCUT2D eigenvalue weighted by Crippen LogP contribution is -2.50. The molecule has 1 spiro atoms. The van der Waals surface area contributed by atoms with Gasteiger partial charge in [0.05, 0.1) is 12.0 Å². The Labute approximate surface area is 159 Å². The largest absolute Gasteiger partial charge is 0.486 e. The number of ether oxygens (including phenoxy) is 2. The topological polar surface area (TPSA) is 67.9 Å². The van der Waals surface area contributed by atoms with Gasteiger partial charge in [-0.25, -0.2) is 0 Å². The van der Waals surface area contributed by atoms with Crippen molar-refractivity contribution in [3.63, 3.8) is 0 Å². The van der Waals surface area contributed by atoms with Crippen molar-refractivity contribution in [2.75, 3.05) is 26.3 Å². The summed E-state index contributed by atoms with van der Waals surface area (Å²) in [5, 5.41) is 2.80. The molecule has 0 aromatic heterocycles. The summed E-state index contributed by atoms with van der Waals surface area (Å²) in [6, 6.07) is 4.24. The van der Waals surface area contributed by atoms with Gasteiger partial charge in [-0.2, -0.15) is 0 Å². The molecule has 4 aliphatic rings. The molecule has 1 aromatic carbocycles. The van der Waals surface area contributed by atoms with E-state index in [0.717, 1.165) is 30.9 Å². The van der Waals surface area contributed by atoms with Crippen molar-refractivity contribution in [1.29, 1.82) is 0 Å². The van der Waals surface area contributed by atoms with Gasteiger partial charge in [-0.05, 0) is 43.0 Å². The van der Waals surface area contributed by atoms with E-state index in [1.54, 1.807) is 0 Å². The second kappa shape index (κ2) is 6.14. The van der Waals surface area contributed by atoms with Crippen LogP contribution >= 0.6 is 0 Å². The van der Waals surface area contributed by atoms with Crippen LogP contribution in [0.3, 0.4) is 0 Å². The number of rotatable bonds is 1. The van der Waals surface area contributed by atoms with Gasteiger partial charge in [-0.1, -0.05) is 12.8 Å². The van der Waals surface area contributed by atoms with Crippen LogP contribution in [0, 0.1) is 5.92 Å². The van der Waals surface area contributed by atoms with Gasteiger partial charge in [0, 0.05) is 24.9 Å². The smallest absolute Gasteiger partial charge is 0.228 e. The van der Waals surface area contributed by atoms with E-state index < -0.39 is 0 Å². The first kappa shape index (κ1) is 16.9. The molecule has 27 heavy (non-hydrogen) atoms. The number of carbonyl (C=O) groups is 2. The predicted octanol–water partition coefficient (Wildman–Crippen LogP) is 2.31. The quantitative estimate of drug-likeness (QED) is 0.824. The average molecular weight is 370 g/mol. The fraction of sp³-hybridized carbons (Fsp3) is 0.619. The van der Waals surface area contributed by atoms with Crippen molar-refractivity contribution in [2.24, 2.45) is 5.92 Å². The maximum absolute atomic E-state index is 13.3. The molecular weight excluding hydrogens is 344 g/mol. The lowest BCUT2D eigenvalue weighted by Gasteiger charge is -2.47. The first-order chi connectivity index (χ1) is 13.1. The van der Waals surface area contributed by atoms with Crippen molar-refractivity contribution in [2.45, 2.75) is 50.5 Å². The average Bonchev–Trinajstić information content (AvgIpc) is 3.33. The Morgan fingerprint density at radius 2 is 1.89 bits per heavy atom. The van der Waals surface area contributed by atoms with Crippen LogP contribution in [0.15, 0.2) is 12.1 Å². The number of carbonyl (C=O) groups excluding carboxylic acids is 2. The lowest BCUT2D eigenvalue weighted by molar-refractivity contribution is -0.139. The molecule has 0 radical (unpaired) electrons. The van der Waals surface area contributed by atoms with Crippen molar-refractivity contribution in [1.82, 2.24) is 10.2 Å². The van der Waals surface area contributed by atoms with Crippen molar-refractivity contribution < 1.29 is 19.1 Å². The van der Waals surface area contributed by atoms with Gasteiger partial charge in [-0.3, -0.25) is 9.59 Å². The molecular formula is C21H26N2O4. The van der Waals surface area contributed by atoms with Gasteiger partial charge >= 0.3 is 0 Å². The van der Waals surface area contributed by atoms with Gasteiger partial charge in [0.25, 0.3) is 0 Å². The predicted molar refractivity (Wildman–Crippen MR) is 98.8 cm³/mol. The number of hydrogen-bond acceptors (Lipinski definition) is 4. The molecule has 6 heteroatoms. The minimum atomic E-state index is -0.239. The van der Waals surface area contributed by atoms with E-state index in [2.05, 4.69) is 24.4 Å². The minimum Gasteiger partial charge on any atom is -0.486 e. The Morgan fingerprint density at radius 1 is 1.19 bits per heavy atom. The third kappa shape index (κ3) is 2.60. The highest BCUT2D eigenvalue weighted by molar-refractivity contribution is 5.89. The zero-order chi connectivity index (χ0) is 18.6. The lowest BCUT2D eigenvalue weighted by atomic mass is 9.71. The van der Waals surface area contributed by atoms with Crippen molar-refractivity contribution in [3.05, 3.63) is 23.3 Å². The van der Waals surface area contributed by atoms with Crippen LogP contribution < -0.4 is 14.8 Å². The SMILES string of the molecule is CC1c2cc3c(cc2C2(CCCC2)CN1C(=O)C1CNC(=O)C1)OCCO3. The van der Waals surface area contributed by atoms with E-state index in [4.69, 9.17) is 9.47 Å². The first-order valence-electron chi connectivity index (χ1n) is 10.1. The van der Waals surface area contributed by atoms with Crippen LogP contribution in [0.5, 0.6) is 11.5 Å². The maximum atomic E-state index is 13.3. The molecule has 5 rings (SSSR count). The van der Waals surface area contributed by atoms with E-state index in [1.165, 1.54) is 24.0 Å². The summed E-state index contributed by atoms with van der Waals surface area (Å²) in [4.78, 5) is 26.9. The number of amides is 2. The fourth-order valence-electron chi connectivity index (χ4n) is 5.39. The summed E-state index contributed by atoms with van der Waals surface area (Å²) in [7, 11) is 0. The number of nitrogens with zero attached hydrogens (tertiary/aromatic N) is 1. The van der Waals surface area contributed by atoms with Gasteiger partial charge in [0.1, 0.15) is 13.2 Å². The first-order valence-corrected chi connectivity index (χ1v) is 10.1. The highest BCUT2D eigenvalue weighted by Crippen LogP contribution is 2.52. The van der Waals surface area contributed by atoms with E-state index >= 15 is 0 Å². The zero-order valence-electron chi connectivity index (χ0n) is 15.8. The van der Waals surface area contributed by atoms with E-state index in [9.17, 15) is 9.59 Å². The van der Waals surface area contributed by atoms with Crippen LogP contribution in [-0.4, -0.2) is 43.0 Å². The molecule has 2 fully saturated rings. The van der Waals surface area contributed by atoms with Crippen LogP contribution in [0.2, 0.25) is 0 Å². The summed E-state index contributed by atoms with van der Waals surface area (Å²) < 4.78 is 11.7. The highest BCUT2D eigenvalue weighted by Gasteiger charge is 2.47. The summed E-state index contributed by atoms with van der Waals surface area (Å²) in [5.74, 6) is 1.47. The van der Waals surface area contributed by atoms with Gasteiger partial charge in [0.2, 0.25) is 11.8 Å². The maximum Gasteiger partial charge on any atom is 0.228 e. The van der Waals surface area contributed by atoms with Gasteiger partial charge in [-0.15, -0.1) is 0 Å². The number of fused-ring (bicyclic) bond motifs is 3. The minimum absolute atomic E-state index is 0.00336. The fourth-order valence-corrected chi connectivity index (χ4v) is 5.39. The summed E-state index contributed by atoms with van der Waals surface area (Å²) in [6.45, 7) is 4.44. The molecule has 1 aliphatic carbocycles.